The predicted octanol–water partition coefficient (Wildman–Crippen LogP) is 3.11. The Labute approximate surface area is 127 Å². The number of carbonyl (C=O) groups is 1. The Balaban J connectivity index is 1.68. The van der Waals surface area contributed by atoms with Gasteiger partial charge in [0.25, 0.3) is 0 Å². The van der Waals surface area contributed by atoms with E-state index in [2.05, 4.69) is 24.1 Å². The lowest BCUT2D eigenvalue weighted by atomic mass is 9.84. The molecule has 3 N–H and O–H groups in total. The zero-order chi connectivity index (χ0) is 15.3. The van der Waals surface area contributed by atoms with E-state index in [9.17, 15) is 4.79 Å². The number of hydrogen-bond acceptors (Lipinski definition) is 3. The Hall–Kier alpha value is -1.55. The maximum absolute atomic E-state index is 11.9. The second kappa shape index (κ2) is 6.94. The van der Waals surface area contributed by atoms with E-state index in [1.54, 1.807) is 12.1 Å². The van der Waals surface area contributed by atoms with Gasteiger partial charge in [0.05, 0.1) is 0 Å². The molecule has 1 amide bonds. The van der Waals surface area contributed by atoms with Crippen LogP contribution in [0.1, 0.15) is 39.5 Å². The highest BCUT2D eigenvalue weighted by Gasteiger charge is 2.25. The fourth-order valence-electron chi connectivity index (χ4n) is 2.99. The maximum Gasteiger partial charge on any atom is 0.224 e. The molecule has 116 valence electrons. The molecule has 1 aliphatic rings. The molecule has 21 heavy (non-hydrogen) atoms. The van der Waals surface area contributed by atoms with Crippen molar-refractivity contribution < 1.29 is 4.79 Å². The Kier molecular flexibility index (Phi) is 5.23. The van der Waals surface area contributed by atoms with Crippen LogP contribution < -0.4 is 11.1 Å². The summed E-state index contributed by atoms with van der Waals surface area (Å²) in [6.07, 6.45) is 4.06. The van der Waals surface area contributed by atoms with Gasteiger partial charge in [0.1, 0.15) is 0 Å². The highest BCUT2D eigenvalue weighted by atomic mass is 16.1. The Bertz CT molecular complexity index is 467. The first kappa shape index (κ1) is 15.8. The minimum absolute atomic E-state index is 0.0797. The molecule has 1 saturated heterocycles. The first-order valence-corrected chi connectivity index (χ1v) is 7.82. The van der Waals surface area contributed by atoms with Crippen LogP contribution in [0, 0.1) is 5.41 Å². The average Bonchev–Trinajstić information content (AvgIpc) is 2.40. The van der Waals surface area contributed by atoms with Gasteiger partial charge in [-0.15, -0.1) is 0 Å². The summed E-state index contributed by atoms with van der Waals surface area (Å²) < 4.78 is 0. The van der Waals surface area contributed by atoms with Crippen LogP contribution in [0.25, 0.3) is 0 Å². The number of hydrogen-bond donors (Lipinski definition) is 2. The number of nitrogens with zero attached hydrogens (tertiary/aromatic N) is 1. The zero-order valence-electron chi connectivity index (χ0n) is 13.2. The van der Waals surface area contributed by atoms with Crippen LogP contribution in [-0.4, -0.2) is 30.4 Å². The highest BCUT2D eigenvalue weighted by Crippen LogP contribution is 2.28. The van der Waals surface area contributed by atoms with Crippen LogP contribution in [0.4, 0.5) is 11.4 Å². The van der Waals surface area contributed by atoms with Crippen LogP contribution in [0.15, 0.2) is 24.3 Å². The number of nitrogens with two attached hydrogens (primary N) is 1. The quantitative estimate of drug-likeness (QED) is 0.819. The summed E-state index contributed by atoms with van der Waals surface area (Å²) in [6.45, 7) is 7.98. The summed E-state index contributed by atoms with van der Waals surface area (Å²) in [5.74, 6) is 0.0797. The maximum atomic E-state index is 11.9. The van der Waals surface area contributed by atoms with E-state index in [1.165, 1.54) is 19.4 Å². The molecule has 0 atom stereocenters. The average molecular weight is 289 g/mol. The largest absolute Gasteiger partial charge is 0.399 e. The van der Waals surface area contributed by atoms with E-state index in [-0.39, 0.29) is 5.91 Å². The smallest absolute Gasteiger partial charge is 0.224 e. The molecule has 4 heteroatoms. The van der Waals surface area contributed by atoms with Crippen molar-refractivity contribution in [3.8, 4) is 0 Å². The number of likely N-dealkylation sites (tertiary alicyclic amines) is 1. The van der Waals surface area contributed by atoms with Gasteiger partial charge in [-0.2, -0.15) is 0 Å². The molecule has 0 aliphatic carbocycles. The van der Waals surface area contributed by atoms with E-state index < -0.39 is 0 Å². The molecular formula is C17H27N3O. The van der Waals surface area contributed by atoms with Crippen LogP contribution in [0.5, 0.6) is 0 Å². The fraction of sp³-hybridized carbons (Fsp3) is 0.588. The van der Waals surface area contributed by atoms with Crippen molar-refractivity contribution in [2.45, 2.75) is 39.5 Å². The number of piperidine rings is 1. The molecule has 2 rings (SSSR count). The molecule has 0 radical (unpaired) electrons. The number of amides is 1. The van der Waals surface area contributed by atoms with E-state index >= 15 is 0 Å². The molecule has 0 aromatic heterocycles. The van der Waals surface area contributed by atoms with Crippen molar-refractivity contribution in [3.63, 3.8) is 0 Å². The molecule has 0 spiro atoms. The van der Waals surface area contributed by atoms with E-state index in [1.807, 2.05) is 12.1 Å². The summed E-state index contributed by atoms with van der Waals surface area (Å²) in [5, 5.41) is 2.91. The lowest BCUT2D eigenvalue weighted by molar-refractivity contribution is -0.116. The molecule has 4 nitrogen and oxygen atoms in total. The number of anilines is 2. The third kappa shape index (κ3) is 5.38. The van der Waals surface area contributed by atoms with E-state index in [0.717, 1.165) is 25.2 Å². The van der Waals surface area contributed by atoms with Crippen LogP contribution in [0.2, 0.25) is 0 Å². The summed E-state index contributed by atoms with van der Waals surface area (Å²) in [6, 6.07) is 7.26. The van der Waals surface area contributed by atoms with Gasteiger partial charge in [-0.05, 0) is 62.0 Å². The van der Waals surface area contributed by atoms with Gasteiger partial charge >= 0.3 is 0 Å². The number of nitrogen functional groups attached to an aromatic ring is 1. The third-order valence-electron chi connectivity index (χ3n) is 4.05. The molecule has 1 heterocycles. The van der Waals surface area contributed by atoms with Crippen LogP contribution in [0.3, 0.4) is 0 Å². The van der Waals surface area contributed by atoms with Gasteiger partial charge in [-0.25, -0.2) is 0 Å². The minimum atomic E-state index is 0.0797. The van der Waals surface area contributed by atoms with Gasteiger partial charge in [0, 0.05) is 24.3 Å². The third-order valence-corrected chi connectivity index (χ3v) is 4.05. The van der Waals surface area contributed by atoms with Gasteiger partial charge in [0.2, 0.25) is 5.91 Å². The molecule has 1 aliphatic heterocycles. The second-order valence-corrected chi connectivity index (χ2v) is 6.82. The molecular weight excluding hydrogens is 262 g/mol. The van der Waals surface area contributed by atoms with Gasteiger partial charge in [0.15, 0.2) is 0 Å². The first-order valence-electron chi connectivity index (χ1n) is 7.82. The number of benzene rings is 1. The van der Waals surface area contributed by atoms with Gasteiger partial charge < -0.3 is 16.0 Å². The number of carbonyl (C=O) groups excluding carboxylic acids is 1. The highest BCUT2D eigenvalue weighted by molar-refractivity contribution is 5.90. The van der Waals surface area contributed by atoms with Crippen molar-refractivity contribution in [3.05, 3.63) is 24.3 Å². The van der Waals surface area contributed by atoms with Crippen LogP contribution in [-0.2, 0) is 4.79 Å². The zero-order valence-corrected chi connectivity index (χ0v) is 13.2. The van der Waals surface area contributed by atoms with Crippen molar-refractivity contribution in [1.29, 1.82) is 0 Å². The van der Waals surface area contributed by atoms with Crippen molar-refractivity contribution in [2.75, 3.05) is 30.7 Å². The van der Waals surface area contributed by atoms with E-state index in [0.29, 0.717) is 17.5 Å². The summed E-state index contributed by atoms with van der Waals surface area (Å²) >= 11 is 0. The number of nitrogens with one attached hydrogen (secondary N) is 1. The standard InChI is InChI=1S/C17H27N3O/c1-17(2)10-4-12-20(13-17)11-3-5-16(21)19-15-8-6-14(18)7-9-15/h6-9H,3-5,10-13,18H2,1-2H3,(H,19,21). The molecule has 1 aromatic carbocycles. The lowest BCUT2D eigenvalue weighted by Gasteiger charge is -2.38. The Morgan fingerprint density at radius 2 is 2.05 bits per heavy atom. The second-order valence-electron chi connectivity index (χ2n) is 6.82. The minimum Gasteiger partial charge on any atom is -0.399 e. The Morgan fingerprint density at radius 1 is 1.33 bits per heavy atom. The van der Waals surface area contributed by atoms with Crippen molar-refractivity contribution in [1.82, 2.24) is 4.90 Å². The normalized spacial score (nSPS) is 18.4. The predicted molar refractivity (Wildman–Crippen MR) is 88.2 cm³/mol. The Morgan fingerprint density at radius 3 is 2.71 bits per heavy atom. The van der Waals surface area contributed by atoms with Crippen molar-refractivity contribution in [2.24, 2.45) is 5.41 Å². The number of rotatable bonds is 5. The lowest BCUT2D eigenvalue weighted by Crippen LogP contribution is -2.40. The summed E-state index contributed by atoms with van der Waals surface area (Å²) in [7, 11) is 0. The molecule has 0 bridgehead atoms. The fourth-order valence-corrected chi connectivity index (χ4v) is 2.99. The molecule has 0 saturated carbocycles. The van der Waals surface area contributed by atoms with Crippen LogP contribution >= 0.6 is 0 Å². The SMILES string of the molecule is CC1(C)CCCN(CCCC(=O)Nc2ccc(N)cc2)C1. The van der Waals surface area contributed by atoms with E-state index in [4.69, 9.17) is 5.73 Å². The van der Waals surface area contributed by atoms with Gasteiger partial charge in [-0.1, -0.05) is 13.8 Å². The molecule has 0 unspecified atom stereocenters. The van der Waals surface area contributed by atoms with Gasteiger partial charge in [-0.3, -0.25) is 4.79 Å². The summed E-state index contributed by atoms with van der Waals surface area (Å²) in [4.78, 5) is 14.4. The molecule has 1 aromatic rings. The first-order chi connectivity index (χ1) is 9.94. The topological polar surface area (TPSA) is 58.4 Å². The molecule has 1 fully saturated rings. The monoisotopic (exact) mass is 289 g/mol. The summed E-state index contributed by atoms with van der Waals surface area (Å²) in [5.41, 5.74) is 7.57. The van der Waals surface area contributed by atoms with Crippen molar-refractivity contribution >= 4 is 17.3 Å².